The van der Waals surface area contributed by atoms with Gasteiger partial charge >= 0.3 is 0 Å². The largest absolute Gasteiger partial charge is 0.307 e. The summed E-state index contributed by atoms with van der Waals surface area (Å²) in [4.78, 5) is 12.0. The lowest BCUT2D eigenvalue weighted by atomic mass is 10.1. The standard InChI is InChI=1S/C14H17N3O/c1-3-10-5-7-12(8-6-10)14(18)16-13-11(4-2)9-15-17-13/h5-9H,3-4H2,1-2H3,(H2,15,16,17,18). The van der Waals surface area contributed by atoms with Crippen molar-refractivity contribution in [1.29, 1.82) is 0 Å². The first-order valence-corrected chi connectivity index (χ1v) is 6.17. The molecule has 1 amide bonds. The van der Waals surface area contributed by atoms with Gasteiger partial charge in [-0.2, -0.15) is 5.10 Å². The fourth-order valence-corrected chi connectivity index (χ4v) is 1.76. The minimum Gasteiger partial charge on any atom is -0.307 e. The van der Waals surface area contributed by atoms with E-state index in [0.29, 0.717) is 11.4 Å². The normalized spacial score (nSPS) is 10.3. The first kappa shape index (κ1) is 12.4. The minimum atomic E-state index is -0.114. The highest BCUT2D eigenvalue weighted by Gasteiger charge is 2.09. The van der Waals surface area contributed by atoms with Crippen LogP contribution in [0, 0.1) is 0 Å². The van der Waals surface area contributed by atoms with Crippen LogP contribution in [-0.4, -0.2) is 16.1 Å². The minimum absolute atomic E-state index is 0.114. The molecule has 1 heterocycles. The average Bonchev–Trinajstić information content (AvgIpc) is 2.86. The number of carbonyl (C=O) groups is 1. The smallest absolute Gasteiger partial charge is 0.256 e. The summed E-state index contributed by atoms with van der Waals surface area (Å²) in [5.41, 5.74) is 2.89. The van der Waals surface area contributed by atoms with E-state index in [4.69, 9.17) is 0 Å². The third-order valence-corrected chi connectivity index (χ3v) is 2.96. The van der Waals surface area contributed by atoms with Gasteiger partial charge in [-0.25, -0.2) is 0 Å². The molecule has 18 heavy (non-hydrogen) atoms. The molecule has 2 aromatic rings. The van der Waals surface area contributed by atoms with Crippen molar-refractivity contribution in [3.63, 3.8) is 0 Å². The molecule has 0 spiro atoms. The SMILES string of the molecule is CCc1ccc(C(=O)Nc2[nH]ncc2CC)cc1. The lowest BCUT2D eigenvalue weighted by Crippen LogP contribution is -2.13. The zero-order valence-electron chi connectivity index (χ0n) is 10.7. The van der Waals surface area contributed by atoms with E-state index in [0.717, 1.165) is 18.4 Å². The van der Waals surface area contributed by atoms with Crippen LogP contribution in [0.15, 0.2) is 30.5 Å². The van der Waals surface area contributed by atoms with Crippen molar-refractivity contribution in [2.75, 3.05) is 5.32 Å². The van der Waals surface area contributed by atoms with Gasteiger partial charge in [0.25, 0.3) is 5.91 Å². The van der Waals surface area contributed by atoms with Crippen LogP contribution < -0.4 is 5.32 Å². The number of carbonyl (C=O) groups excluding carboxylic acids is 1. The predicted octanol–water partition coefficient (Wildman–Crippen LogP) is 2.79. The molecule has 2 rings (SSSR count). The summed E-state index contributed by atoms with van der Waals surface area (Å²) >= 11 is 0. The first-order valence-electron chi connectivity index (χ1n) is 6.17. The second kappa shape index (κ2) is 5.49. The van der Waals surface area contributed by atoms with Gasteiger partial charge in [-0.05, 0) is 30.5 Å². The Labute approximate surface area is 106 Å². The van der Waals surface area contributed by atoms with Crippen molar-refractivity contribution in [2.45, 2.75) is 26.7 Å². The van der Waals surface area contributed by atoms with Crippen LogP contribution in [0.3, 0.4) is 0 Å². The van der Waals surface area contributed by atoms with Gasteiger partial charge in [-0.1, -0.05) is 26.0 Å². The Balaban J connectivity index is 2.11. The number of anilines is 1. The molecule has 94 valence electrons. The number of nitrogens with zero attached hydrogens (tertiary/aromatic N) is 1. The Morgan fingerprint density at radius 2 is 1.94 bits per heavy atom. The number of rotatable bonds is 4. The van der Waals surface area contributed by atoms with E-state index >= 15 is 0 Å². The maximum Gasteiger partial charge on any atom is 0.256 e. The van der Waals surface area contributed by atoms with E-state index in [1.54, 1.807) is 6.20 Å². The number of hydrogen-bond donors (Lipinski definition) is 2. The van der Waals surface area contributed by atoms with E-state index < -0.39 is 0 Å². The Morgan fingerprint density at radius 1 is 1.22 bits per heavy atom. The number of nitrogens with one attached hydrogen (secondary N) is 2. The van der Waals surface area contributed by atoms with Gasteiger partial charge in [0.15, 0.2) is 0 Å². The first-order chi connectivity index (χ1) is 8.74. The van der Waals surface area contributed by atoms with E-state index in [1.807, 2.05) is 31.2 Å². The Kier molecular flexibility index (Phi) is 3.77. The number of aromatic nitrogens is 2. The topological polar surface area (TPSA) is 57.8 Å². The van der Waals surface area contributed by atoms with Crippen LogP contribution in [-0.2, 0) is 12.8 Å². The fraction of sp³-hybridized carbons (Fsp3) is 0.286. The third kappa shape index (κ3) is 2.59. The summed E-state index contributed by atoms with van der Waals surface area (Å²) in [5, 5.41) is 9.56. The van der Waals surface area contributed by atoms with Gasteiger partial charge in [-0.3, -0.25) is 9.89 Å². The highest BCUT2D eigenvalue weighted by Crippen LogP contribution is 2.13. The molecular formula is C14H17N3O. The molecule has 0 saturated heterocycles. The zero-order chi connectivity index (χ0) is 13.0. The number of hydrogen-bond acceptors (Lipinski definition) is 2. The third-order valence-electron chi connectivity index (χ3n) is 2.96. The predicted molar refractivity (Wildman–Crippen MR) is 71.7 cm³/mol. The van der Waals surface area contributed by atoms with E-state index in [1.165, 1.54) is 5.56 Å². The fourth-order valence-electron chi connectivity index (χ4n) is 1.76. The van der Waals surface area contributed by atoms with Crippen molar-refractivity contribution >= 4 is 11.7 Å². The van der Waals surface area contributed by atoms with Crippen LogP contribution >= 0.6 is 0 Å². The number of aryl methyl sites for hydroxylation is 2. The maximum absolute atomic E-state index is 12.0. The number of H-pyrrole nitrogens is 1. The molecule has 0 unspecified atom stereocenters. The van der Waals surface area contributed by atoms with Crippen LogP contribution in [0.25, 0.3) is 0 Å². The quantitative estimate of drug-likeness (QED) is 0.867. The van der Waals surface area contributed by atoms with Crippen LogP contribution in [0.1, 0.15) is 35.3 Å². The summed E-state index contributed by atoms with van der Waals surface area (Å²) in [6, 6.07) is 7.64. The maximum atomic E-state index is 12.0. The summed E-state index contributed by atoms with van der Waals surface area (Å²) in [6.07, 6.45) is 3.54. The monoisotopic (exact) mass is 243 g/mol. The summed E-state index contributed by atoms with van der Waals surface area (Å²) in [6.45, 7) is 4.11. The van der Waals surface area contributed by atoms with Gasteiger partial charge in [-0.15, -0.1) is 0 Å². The molecule has 4 heteroatoms. The molecule has 0 aliphatic rings. The van der Waals surface area contributed by atoms with Gasteiger partial charge < -0.3 is 5.32 Å². The van der Waals surface area contributed by atoms with Crippen LogP contribution in [0.5, 0.6) is 0 Å². The Bertz CT molecular complexity index is 528. The van der Waals surface area contributed by atoms with Crippen LogP contribution in [0.2, 0.25) is 0 Å². The Morgan fingerprint density at radius 3 is 2.56 bits per heavy atom. The molecule has 0 fully saturated rings. The molecule has 0 radical (unpaired) electrons. The lowest BCUT2D eigenvalue weighted by molar-refractivity contribution is 0.102. The van der Waals surface area contributed by atoms with Crippen molar-refractivity contribution in [3.05, 3.63) is 47.2 Å². The van der Waals surface area contributed by atoms with Gasteiger partial charge in [0.1, 0.15) is 5.82 Å². The summed E-state index contributed by atoms with van der Waals surface area (Å²) < 4.78 is 0. The molecule has 1 aromatic heterocycles. The zero-order valence-corrected chi connectivity index (χ0v) is 10.7. The van der Waals surface area contributed by atoms with Crippen molar-refractivity contribution in [1.82, 2.24) is 10.2 Å². The van der Waals surface area contributed by atoms with Crippen molar-refractivity contribution < 1.29 is 4.79 Å². The van der Waals surface area contributed by atoms with Gasteiger partial charge in [0.2, 0.25) is 0 Å². The molecule has 2 N–H and O–H groups in total. The van der Waals surface area contributed by atoms with Gasteiger partial charge in [0, 0.05) is 11.1 Å². The molecular weight excluding hydrogens is 226 g/mol. The van der Waals surface area contributed by atoms with Crippen molar-refractivity contribution in [3.8, 4) is 0 Å². The molecule has 1 aromatic carbocycles. The molecule has 0 aliphatic heterocycles. The molecule has 0 bridgehead atoms. The van der Waals surface area contributed by atoms with E-state index in [-0.39, 0.29) is 5.91 Å². The van der Waals surface area contributed by atoms with Crippen LogP contribution in [0.4, 0.5) is 5.82 Å². The molecule has 0 saturated carbocycles. The lowest BCUT2D eigenvalue weighted by Gasteiger charge is -2.05. The average molecular weight is 243 g/mol. The van der Waals surface area contributed by atoms with Crippen molar-refractivity contribution in [2.24, 2.45) is 0 Å². The summed E-state index contributed by atoms with van der Waals surface area (Å²) in [5.74, 6) is 0.568. The number of aromatic amines is 1. The molecule has 0 aliphatic carbocycles. The second-order valence-corrected chi connectivity index (χ2v) is 4.13. The number of benzene rings is 1. The van der Waals surface area contributed by atoms with Gasteiger partial charge in [0.05, 0.1) is 6.20 Å². The highest BCUT2D eigenvalue weighted by atomic mass is 16.1. The number of amides is 1. The summed E-state index contributed by atoms with van der Waals surface area (Å²) in [7, 11) is 0. The Hall–Kier alpha value is -2.10. The second-order valence-electron chi connectivity index (χ2n) is 4.13. The molecule has 4 nitrogen and oxygen atoms in total. The van der Waals surface area contributed by atoms with E-state index in [9.17, 15) is 4.79 Å². The highest BCUT2D eigenvalue weighted by molar-refractivity contribution is 6.04. The molecule has 0 atom stereocenters. The van der Waals surface area contributed by atoms with E-state index in [2.05, 4.69) is 22.4 Å².